The Morgan fingerprint density at radius 1 is 1.26 bits per heavy atom. The van der Waals surface area contributed by atoms with Gasteiger partial charge in [-0.15, -0.1) is 0 Å². The molecule has 0 saturated carbocycles. The minimum absolute atomic E-state index is 0.583. The largest absolute Gasteiger partial charge is 0.381 e. The summed E-state index contributed by atoms with van der Waals surface area (Å²) in [4.78, 5) is 4.41. The summed E-state index contributed by atoms with van der Waals surface area (Å²) in [6, 6.07) is 15.0. The van der Waals surface area contributed by atoms with Gasteiger partial charge in [-0.3, -0.25) is 4.99 Å². The Kier molecular flexibility index (Phi) is 6.10. The van der Waals surface area contributed by atoms with E-state index >= 15 is 0 Å². The van der Waals surface area contributed by atoms with Crippen LogP contribution in [0.4, 0.5) is 5.69 Å². The Balaban J connectivity index is 2.49. The van der Waals surface area contributed by atoms with Crippen LogP contribution in [0.2, 0.25) is 5.02 Å². The van der Waals surface area contributed by atoms with E-state index in [2.05, 4.69) is 10.3 Å². The lowest BCUT2D eigenvalue weighted by Gasteiger charge is -2.27. The highest BCUT2D eigenvalue weighted by Crippen LogP contribution is 2.36. The number of halogens is 1. The van der Waals surface area contributed by atoms with Gasteiger partial charge in [0, 0.05) is 22.8 Å². The van der Waals surface area contributed by atoms with Gasteiger partial charge in [-0.05, 0) is 43.9 Å². The van der Waals surface area contributed by atoms with Crippen molar-refractivity contribution in [3.63, 3.8) is 0 Å². The third-order valence-corrected chi connectivity index (χ3v) is 4.43. The zero-order chi connectivity index (χ0) is 16.9. The molecule has 2 aromatic rings. The van der Waals surface area contributed by atoms with Gasteiger partial charge in [0.05, 0.1) is 0 Å². The number of thioether (sulfide) groups is 1. The number of anilines is 1. The van der Waals surface area contributed by atoms with Crippen LogP contribution in [0.25, 0.3) is 0 Å². The first-order valence-corrected chi connectivity index (χ1v) is 9.02. The van der Waals surface area contributed by atoms with Gasteiger partial charge in [0.2, 0.25) is 0 Å². The van der Waals surface area contributed by atoms with Crippen molar-refractivity contribution in [2.45, 2.75) is 19.4 Å². The smallest absolute Gasteiger partial charge is 0.160 e. The fraction of sp³-hybridized carbons (Fsp3) is 0.278. The maximum atomic E-state index is 11.1. The van der Waals surface area contributed by atoms with Gasteiger partial charge >= 0.3 is 0 Å². The van der Waals surface area contributed by atoms with Gasteiger partial charge in [-0.2, -0.15) is 0 Å². The maximum Gasteiger partial charge on any atom is 0.160 e. The molecule has 1 unspecified atom stereocenters. The SMILES string of the molecule is CCN=C(Nc1ccc(Cl)cc1C(C)(O)c1ccccc1)SC. The van der Waals surface area contributed by atoms with Crippen LogP contribution in [-0.2, 0) is 5.60 Å². The Labute approximate surface area is 146 Å². The van der Waals surface area contributed by atoms with Crippen molar-refractivity contribution in [1.29, 1.82) is 0 Å². The average molecular weight is 349 g/mol. The maximum absolute atomic E-state index is 11.1. The van der Waals surface area contributed by atoms with E-state index in [0.29, 0.717) is 17.1 Å². The molecule has 0 amide bonds. The molecule has 3 nitrogen and oxygen atoms in total. The lowest BCUT2D eigenvalue weighted by Crippen LogP contribution is -2.25. The van der Waals surface area contributed by atoms with E-state index in [4.69, 9.17) is 11.6 Å². The van der Waals surface area contributed by atoms with Crippen LogP contribution in [0.1, 0.15) is 25.0 Å². The molecule has 0 radical (unpaired) electrons. The molecule has 0 aliphatic heterocycles. The van der Waals surface area contributed by atoms with Gasteiger partial charge in [0.1, 0.15) is 5.60 Å². The zero-order valence-corrected chi connectivity index (χ0v) is 15.1. The second-order valence-electron chi connectivity index (χ2n) is 5.24. The Hall–Kier alpha value is -1.49. The van der Waals surface area contributed by atoms with E-state index < -0.39 is 5.60 Å². The van der Waals surface area contributed by atoms with Crippen LogP contribution in [0.5, 0.6) is 0 Å². The normalized spacial score (nSPS) is 14.4. The average Bonchev–Trinajstić information content (AvgIpc) is 2.56. The lowest BCUT2D eigenvalue weighted by atomic mass is 9.87. The minimum Gasteiger partial charge on any atom is -0.381 e. The first-order chi connectivity index (χ1) is 11.0. The van der Waals surface area contributed by atoms with Crippen molar-refractivity contribution < 1.29 is 5.11 Å². The summed E-state index contributed by atoms with van der Waals surface area (Å²) >= 11 is 7.70. The van der Waals surface area contributed by atoms with Gasteiger partial charge in [-0.25, -0.2) is 0 Å². The predicted molar refractivity (Wildman–Crippen MR) is 102 cm³/mol. The van der Waals surface area contributed by atoms with Crippen molar-refractivity contribution in [1.82, 2.24) is 0 Å². The first-order valence-electron chi connectivity index (χ1n) is 7.42. The molecule has 2 rings (SSSR count). The van der Waals surface area contributed by atoms with E-state index in [0.717, 1.165) is 16.4 Å². The number of nitrogens with one attached hydrogen (secondary N) is 1. The van der Waals surface area contributed by atoms with Gasteiger partial charge in [0.15, 0.2) is 5.17 Å². The molecule has 2 aromatic carbocycles. The number of hydrogen-bond acceptors (Lipinski definition) is 3. The second kappa shape index (κ2) is 7.86. The van der Waals surface area contributed by atoms with Gasteiger partial charge < -0.3 is 10.4 Å². The number of benzene rings is 2. The molecule has 23 heavy (non-hydrogen) atoms. The summed E-state index contributed by atoms with van der Waals surface area (Å²) in [7, 11) is 0. The number of hydrogen-bond donors (Lipinski definition) is 2. The molecule has 0 fully saturated rings. The van der Waals surface area contributed by atoms with E-state index in [-0.39, 0.29) is 0 Å². The van der Waals surface area contributed by atoms with Crippen molar-refractivity contribution >= 4 is 34.2 Å². The third-order valence-electron chi connectivity index (χ3n) is 3.58. The minimum atomic E-state index is -1.16. The Morgan fingerprint density at radius 3 is 2.57 bits per heavy atom. The topological polar surface area (TPSA) is 44.6 Å². The van der Waals surface area contributed by atoms with Crippen LogP contribution in [0.15, 0.2) is 53.5 Å². The Bertz CT molecular complexity index is 687. The summed E-state index contributed by atoms with van der Waals surface area (Å²) in [5.74, 6) is 0. The number of amidine groups is 1. The molecule has 122 valence electrons. The molecule has 0 aliphatic carbocycles. The van der Waals surface area contributed by atoms with Crippen LogP contribution in [0.3, 0.4) is 0 Å². The molecule has 5 heteroatoms. The molecule has 0 heterocycles. The fourth-order valence-electron chi connectivity index (χ4n) is 2.36. The van der Waals surface area contributed by atoms with E-state index in [1.165, 1.54) is 11.8 Å². The highest BCUT2D eigenvalue weighted by atomic mass is 35.5. The van der Waals surface area contributed by atoms with Crippen molar-refractivity contribution in [3.8, 4) is 0 Å². The molecule has 1 atom stereocenters. The number of aliphatic imine (C=N–C) groups is 1. The molecule has 0 aromatic heterocycles. The first kappa shape index (κ1) is 17.9. The lowest BCUT2D eigenvalue weighted by molar-refractivity contribution is 0.103. The summed E-state index contributed by atoms with van der Waals surface area (Å²) in [6.45, 7) is 4.46. The number of nitrogens with zero attached hydrogens (tertiary/aromatic N) is 1. The zero-order valence-electron chi connectivity index (χ0n) is 13.5. The van der Waals surface area contributed by atoms with E-state index in [1.807, 2.05) is 49.6 Å². The third kappa shape index (κ3) is 4.28. The highest BCUT2D eigenvalue weighted by molar-refractivity contribution is 8.13. The second-order valence-corrected chi connectivity index (χ2v) is 6.47. The molecule has 0 aliphatic rings. The molecule has 2 N–H and O–H groups in total. The summed E-state index contributed by atoms with van der Waals surface area (Å²) in [5.41, 5.74) is 1.16. The Morgan fingerprint density at radius 2 is 1.96 bits per heavy atom. The summed E-state index contributed by atoms with van der Waals surface area (Å²) in [6.07, 6.45) is 1.96. The van der Waals surface area contributed by atoms with Crippen LogP contribution >= 0.6 is 23.4 Å². The molecule has 0 spiro atoms. The molecule has 0 bridgehead atoms. The number of rotatable bonds is 4. The number of aliphatic hydroxyl groups is 1. The quantitative estimate of drug-likeness (QED) is 0.619. The van der Waals surface area contributed by atoms with Gasteiger partial charge in [-0.1, -0.05) is 53.7 Å². The van der Waals surface area contributed by atoms with Crippen LogP contribution in [-0.4, -0.2) is 23.1 Å². The predicted octanol–water partition coefficient (Wildman–Crippen LogP) is 4.75. The van der Waals surface area contributed by atoms with Crippen molar-refractivity contribution in [3.05, 3.63) is 64.7 Å². The standard InChI is InChI=1S/C18H21ClN2OS/c1-4-20-17(23-3)21-16-11-10-14(19)12-15(16)18(2,22)13-8-6-5-7-9-13/h5-12,22H,4H2,1-3H3,(H,20,21). The van der Waals surface area contributed by atoms with Crippen molar-refractivity contribution in [2.75, 3.05) is 18.1 Å². The summed E-state index contributed by atoms with van der Waals surface area (Å²) < 4.78 is 0. The molecular weight excluding hydrogens is 328 g/mol. The van der Waals surface area contributed by atoms with Crippen molar-refractivity contribution in [2.24, 2.45) is 4.99 Å². The monoisotopic (exact) mass is 348 g/mol. The van der Waals surface area contributed by atoms with Crippen LogP contribution in [0, 0.1) is 0 Å². The van der Waals surface area contributed by atoms with Crippen LogP contribution < -0.4 is 5.32 Å². The fourth-order valence-corrected chi connectivity index (χ4v) is 3.00. The molecule has 0 saturated heterocycles. The van der Waals surface area contributed by atoms with Gasteiger partial charge in [0.25, 0.3) is 0 Å². The highest BCUT2D eigenvalue weighted by Gasteiger charge is 2.28. The van der Waals surface area contributed by atoms with E-state index in [9.17, 15) is 5.11 Å². The van der Waals surface area contributed by atoms with E-state index in [1.54, 1.807) is 19.1 Å². The summed E-state index contributed by atoms with van der Waals surface area (Å²) in [5, 5.41) is 15.8. The molecular formula is C18H21ClN2OS.